The highest BCUT2D eigenvalue weighted by molar-refractivity contribution is 7.89. The van der Waals surface area contributed by atoms with Gasteiger partial charge < -0.3 is 5.32 Å². The molecule has 0 unspecified atom stereocenters. The summed E-state index contributed by atoms with van der Waals surface area (Å²) in [5, 5.41) is 11.3. The van der Waals surface area contributed by atoms with E-state index < -0.39 is 32.6 Å². The van der Waals surface area contributed by atoms with Crippen LogP contribution in [-0.4, -0.2) is 31.7 Å². The van der Waals surface area contributed by atoms with Crippen LogP contribution in [0, 0.1) is 17.2 Å². The van der Waals surface area contributed by atoms with E-state index in [0.29, 0.717) is 17.3 Å². The second-order valence-electron chi connectivity index (χ2n) is 7.00. The second-order valence-corrected chi connectivity index (χ2v) is 9.32. The molecule has 1 amide bonds. The van der Waals surface area contributed by atoms with Crippen LogP contribution in [0.1, 0.15) is 24.0 Å². The number of rotatable bonds is 4. The Kier molecular flexibility index (Phi) is 6.59. The van der Waals surface area contributed by atoms with Crippen molar-refractivity contribution in [2.45, 2.75) is 23.9 Å². The van der Waals surface area contributed by atoms with Crippen molar-refractivity contribution in [1.82, 2.24) is 4.31 Å². The van der Waals surface area contributed by atoms with Gasteiger partial charge in [0.2, 0.25) is 15.9 Å². The van der Waals surface area contributed by atoms with Gasteiger partial charge in [0, 0.05) is 24.7 Å². The predicted molar refractivity (Wildman–Crippen MR) is 108 cm³/mol. The fourth-order valence-electron chi connectivity index (χ4n) is 3.29. The number of halogens is 4. The molecule has 11 heteroatoms. The quantitative estimate of drug-likeness (QED) is 0.721. The minimum absolute atomic E-state index is 0.0365. The fourth-order valence-corrected chi connectivity index (χ4v) is 5.26. The van der Waals surface area contributed by atoms with Crippen LogP contribution in [-0.2, 0) is 21.0 Å². The van der Waals surface area contributed by atoms with Gasteiger partial charge >= 0.3 is 6.18 Å². The largest absolute Gasteiger partial charge is 0.416 e. The smallest absolute Gasteiger partial charge is 0.326 e. The zero-order valence-electron chi connectivity index (χ0n) is 16.0. The van der Waals surface area contributed by atoms with Crippen LogP contribution in [0.4, 0.5) is 18.9 Å². The average Bonchev–Trinajstić information content (AvgIpc) is 2.73. The number of anilines is 1. The number of carbonyl (C=O) groups excluding carboxylic acids is 1. The lowest BCUT2D eigenvalue weighted by atomic mass is 9.97. The summed E-state index contributed by atoms with van der Waals surface area (Å²) in [7, 11) is -4.26. The molecule has 1 N–H and O–H groups in total. The first kappa shape index (κ1) is 23.1. The topological polar surface area (TPSA) is 90.3 Å². The summed E-state index contributed by atoms with van der Waals surface area (Å²) in [6.07, 6.45) is -4.32. The summed E-state index contributed by atoms with van der Waals surface area (Å²) < 4.78 is 65.7. The molecule has 0 radical (unpaired) electrons. The Bertz CT molecular complexity index is 1140. The van der Waals surface area contributed by atoms with Crippen LogP contribution >= 0.6 is 11.6 Å². The predicted octanol–water partition coefficient (Wildman–Crippen LogP) is 4.27. The minimum Gasteiger partial charge on any atom is -0.326 e. The first-order chi connectivity index (χ1) is 14.5. The molecule has 0 aromatic heterocycles. The molecule has 0 aliphatic carbocycles. The number of alkyl halides is 3. The highest BCUT2D eigenvalue weighted by Crippen LogP contribution is 2.35. The van der Waals surface area contributed by atoms with Gasteiger partial charge in [0.05, 0.1) is 22.2 Å². The number of amides is 1. The van der Waals surface area contributed by atoms with Gasteiger partial charge in [-0.3, -0.25) is 4.79 Å². The van der Waals surface area contributed by atoms with Gasteiger partial charge in [-0.2, -0.15) is 22.7 Å². The van der Waals surface area contributed by atoms with E-state index in [2.05, 4.69) is 5.32 Å². The van der Waals surface area contributed by atoms with Crippen molar-refractivity contribution in [1.29, 1.82) is 5.26 Å². The van der Waals surface area contributed by atoms with Crippen LogP contribution < -0.4 is 5.32 Å². The molecule has 31 heavy (non-hydrogen) atoms. The maximum Gasteiger partial charge on any atom is 0.416 e. The minimum atomic E-state index is -4.71. The number of carbonyl (C=O) groups is 1. The second kappa shape index (κ2) is 8.86. The van der Waals surface area contributed by atoms with Crippen molar-refractivity contribution in [3.8, 4) is 6.07 Å². The molecule has 0 saturated carbocycles. The van der Waals surface area contributed by atoms with Crippen molar-refractivity contribution < 1.29 is 26.4 Å². The van der Waals surface area contributed by atoms with Crippen LogP contribution in [0.15, 0.2) is 47.4 Å². The maximum atomic E-state index is 13.0. The number of nitriles is 1. The van der Waals surface area contributed by atoms with Gasteiger partial charge in [0.1, 0.15) is 4.90 Å². The number of hydrogen-bond donors (Lipinski definition) is 1. The molecule has 0 spiro atoms. The molecule has 0 bridgehead atoms. The molecule has 1 aliphatic rings. The molecule has 2 aromatic rings. The molecule has 1 aliphatic heterocycles. The molecule has 6 nitrogen and oxygen atoms in total. The Morgan fingerprint density at radius 3 is 2.45 bits per heavy atom. The van der Waals surface area contributed by atoms with Gasteiger partial charge in [-0.1, -0.05) is 17.7 Å². The highest BCUT2D eigenvalue weighted by Gasteiger charge is 2.36. The Labute approximate surface area is 182 Å². The summed E-state index contributed by atoms with van der Waals surface area (Å²) in [5.74, 6) is -0.793. The third-order valence-corrected chi connectivity index (χ3v) is 7.34. The number of sulfonamides is 1. The Morgan fingerprint density at radius 2 is 1.84 bits per heavy atom. The Balaban J connectivity index is 1.70. The lowest BCUT2D eigenvalue weighted by Gasteiger charge is -2.31. The summed E-state index contributed by atoms with van der Waals surface area (Å²) >= 11 is 5.88. The average molecular weight is 472 g/mol. The Hall–Kier alpha value is -2.61. The zero-order valence-corrected chi connectivity index (χ0v) is 17.6. The molecule has 1 saturated heterocycles. The molecular formula is C20H17ClF3N3O3S. The van der Waals surface area contributed by atoms with Gasteiger partial charge in [-0.15, -0.1) is 0 Å². The molecule has 3 rings (SSSR count). The van der Waals surface area contributed by atoms with Crippen molar-refractivity contribution in [3.05, 3.63) is 58.6 Å². The number of hydrogen-bond acceptors (Lipinski definition) is 4. The van der Waals surface area contributed by atoms with Crippen molar-refractivity contribution in [3.63, 3.8) is 0 Å². The summed E-state index contributed by atoms with van der Waals surface area (Å²) in [4.78, 5) is 11.9. The van der Waals surface area contributed by atoms with E-state index in [-0.39, 0.29) is 36.9 Å². The highest BCUT2D eigenvalue weighted by atomic mass is 35.5. The summed E-state index contributed by atoms with van der Waals surface area (Å²) in [6.45, 7) is -0.0730. The van der Waals surface area contributed by atoms with Crippen molar-refractivity contribution >= 4 is 33.2 Å². The summed E-state index contributed by atoms with van der Waals surface area (Å²) in [5.41, 5.74) is -0.268. The van der Waals surface area contributed by atoms with Gasteiger partial charge in [-0.25, -0.2) is 8.42 Å². The fraction of sp³-hybridized carbons (Fsp3) is 0.300. The third-order valence-electron chi connectivity index (χ3n) is 4.96. The van der Waals surface area contributed by atoms with E-state index in [1.165, 1.54) is 6.07 Å². The first-order valence-electron chi connectivity index (χ1n) is 9.20. The van der Waals surface area contributed by atoms with Crippen LogP contribution in [0.3, 0.4) is 0 Å². The van der Waals surface area contributed by atoms with Crippen molar-refractivity contribution in [2.24, 2.45) is 5.92 Å². The molecule has 0 atom stereocenters. The van der Waals surface area contributed by atoms with Crippen molar-refractivity contribution in [2.75, 3.05) is 18.4 Å². The SMILES string of the molecule is N#Cc1cccc(NC(=O)C2CCN(S(=O)(=O)c3cc(C(F)(F)F)ccc3Cl)CC2)c1. The van der Waals surface area contributed by atoms with E-state index in [0.717, 1.165) is 16.4 Å². The summed E-state index contributed by atoms with van der Waals surface area (Å²) in [6, 6.07) is 10.5. The number of nitrogens with one attached hydrogen (secondary N) is 1. The number of nitrogens with zero attached hydrogens (tertiary/aromatic N) is 2. The van der Waals surface area contributed by atoms with E-state index >= 15 is 0 Å². The normalized spacial score (nSPS) is 16.0. The van der Waals surface area contributed by atoms with E-state index in [1.807, 2.05) is 6.07 Å². The maximum absolute atomic E-state index is 13.0. The third kappa shape index (κ3) is 5.18. The molecule has 2 aromatic carbocycles. The van der Waals surface area contributed by atoms with Crippen LogP contribution in [0.2, 0.25) is 5.02 Å². The first-order valence-corrected chi connectivity index (χ1v) is 11.0. The number of benzene rings is 2. The lowest BCUT2D eigenvalue weighted by molar-refractivity contribution is -0.137. The van der Waals surface area contributed by atoms with E-state index in [1.54, 1.807) is 18.2 Å². The molecule has 1 fully saturated rings. The number of piperidine rings is 1. The standard InChI is InChI=1S/C20H17ClF3N3O3S/c21-17-5-4-15(20(22,23)24)11-18(17)31(29,30)27-8-6-14(7-9-27)19(28)26-16-3-1-2-13(10-16)12-25/h1-5,10-11,14H,6-9H2,(H,26,28). The Morgan fingerprint density at radius 1 is 1.16 bits per heavy atom. The van der Waals surface area contributed by atoms with E-state index in [9.17, 15) is 26.4 Å². The van der Waals surface area contributed by atoms with Gasteiger partial charge in [0.25, 0.3) is 0 Å². The van der Waals surface area contributed by atoms with Crippen LogP contribution in [0.25, 0.3) is 0 Å². The molecule has 164 valence electrons. The monoisotopic (exact) mass is 471 g/mol. The van der Waals surface area contributed by atoms with Gasteiger partial charge in [-0.05, 0) is 49.2 Å². The molecular weight excluding hydrogens is 455 g/mol. The molecule has 1 heterocycles. The van der Waals surface area contributed by atoms with Gasteiger partial charge in [0.15, 0.2) is 0 Å². The lowest BCUT2D eigenvalue weighted by Crippen LogP contribution is -2.41. The zero-order chi connectivity index (χ0) is 22.8. The van der Waals surface area contributed by atoms with E-state index in [4.69, 9.17) is 16.9 Å². The van der Waals surface area contributed by atoms with Crippen LogP contribution in [0.5, 0.6) is 0 Å².